The second-order valence-corrected chi connectivity index (χ2v) is 7.05. The summed E-state index contributed by atoms with van der Waals surface area (Å²) in [5, 5.41) is 10.7. The zero-order chi connectivity index (χ0) is 20.3. The van der Waals surface area contributed by atoms with Gasteiger partial charge in [-0.05, 0) is 35.6 Å². The van der Waals surface area contributed by atoms with Gasteiger partial charge in [0.2, 0.25) is 0 Å². The van der Waals surface area contributed by atoms with Crippen molar-refractivity contribution in [1.82, 2.24) is 0 Å². The van der Waals surface area contributed by atoms with Crippen LogP contribution in [0.3, 0.4) is 0 Å². The van der Waals surface area contributed by atoms with Crippen molar-refractivity contribution < 1.29 is 14.5 Å². The Kier molecular flexibility index (Phi) is 4.96. The number of carbonyl (C=O) groups is 1. The Hall–Kier alpha value is -3.73. The second kappa shape index (κ2) is 7.72. The minimum atomic E-state index is -0.499. The van der Waals surface area contributed by atoms with Gasteiger partial charge in [0, 0.05) is 23.6 Å². The molecule has 0 heterocycles. The number of nitrogens with zero attached hydrogens (tertiary/aromatic N) is 1. The molecule has 1 aliphatic carbocycles. The first-order chi connectivity index (χ1) is 14.1. The Morgan fingerprint density at radius 3 is 2.00 bits per heavy atom. The van der Waals surface area contributed by atoms with Crippen LogP contribution in [-0.4, -0.2) is 10.9 Å². The lowest BCUT2D eigenvalue weighted by Gasteiger charge is -2.18. The van der Waals surface area contributed by atoms with Crippen LogP contribution in [0.25, 0.3) is 0 Å². The first kappa shape index (κ1) is 18.6. The summed E-state index contributed by atoms with van der Waals surface area (Å²) in [7, 11) is 0. The van der Waals surface area contributed by atoms with Crippen LogP contribution < -0.4 is 4.74 Å². The predicted octanol–water partition coefficient (Wildman–Crippen LogP) is 5.06. The predicted molar refractivity (Wildman–Crippen MR) is 110 cm³/mol. The molecule has 3 aromatic carbocycles. The molecule has 0 unspecified atom stereocenters. The molecule has 0 amide bonds. The van der Waals surface area contributed by atoms with E-state index >= 15 is 0 Å². The van der Waals surface area contributed by atoms with Crippen molar-refractivity contribution in [1.29, 1.82) is 0 Å². The van der Waals surface area contributed by atoms with Crippen LogP contribution in [0.4, 0.5) is 5.69 Å². The number of hydrogen-bond donors (Lipinski definition) is 0. The van der Waals surface area contributed by atoms with E-state index < -0.39 is 10.9 Å². The summed E-state index contributed by atoms with van der Waals surface area (Å²) < 4.78 is 5.26. The fourth-order valence-electron chi connectivity index (χ4n) is 3.80. The minimum Gasteiger partial charge on any atom is -0.423 e. The second-order valence-electron chi connectivity index (χ2n) is 7.05. The fourth-order valence-corrected chi connectivity index (χ4v) is 3.80. The van der Waals surface area contributed by atoms with Crippen molar-refractivity contribution >= 4 is 11.7 Å². The largest absolute Gasteiger partial charge is 0.423 e. The SMILES string of the molecule is O=C(/C=C\[C@@H]1CC1(c1ccccc1)c1ccccc1)Oc1ccc([N+](=O)[O-])cc1. The average Bonchev–Trinajstić information content (AvgIpc) is 3.50. The molecule has 0 radical (unpaired) electrons. The molecule has 29 heavy (non-hydrogen) atoms. The third kappa shape index (κ3) is 3.80. The van der Waals surface area contributed by atoms with E-state index in [0.29, 0.717) is 0 Å². The van der Waals surface area contributed by atoms with Gasteiger partial charge in [-0.2, -0.15) is 0 Å². The number of nitro benzene ring substituents is 1. The molecule has 3 aromatic rings. The van der Waals surface area contributed by atoms with E-state index in [4.69, 9.17) is 4.74 Å². The highest BCUT2D eigenvalue weighted by atomic mass is 16.6. The summed E-state index contributed by atoms with van der Waals surface area (Å²) in [4.78, 5) is 22.4. The molecule has 0 saturated heterocycles. The number of nitro groups is 1. The van der Waals surface area contributed by atoms with Gasteiger partial charge in [-0.15, -0.1) is 0 Å². The molecule has 1 saturated carbocycles. The Morgan fingerprint density at radius 2 is 1.48 bits per heavy atom. The molecule has 1 fully saturated rings. The van der Waals surface area contributed by atoms with Crippen molar-refractivity contribution in [2.45, 2.75) is 11.8 Å². The van der Waals surface area contributed by atoms with Crippen molar-refractivity contribution in [2.75, 3.05) is 0 Å². The molecule has 1 atom stereocenters. The highest BCUT2D eigenvalue weighted by Crippen LogP contribution is 2.59. The van der Waals surface area contributed by atoms with Gasteiger partial charge in [0.15, 0.2) is 0 Å². The van der Waals surface area contributed by atoms with Crippen LogP contribution in [0.1, 0.15) is 17.5 Å². The van der Waals surface area contributed by atoms with Crippen LogP contribution in [0.15, 0.2) is 97.1 Å². The molecule has 144 valence electrons. The molecular weight excluding hydrogens is 366 g/mol. The summed E-state index contributed by atoms with van der Waals surface area (Å²) in [6, 6.07) is 26.0. The number of non-ortho nitro benzene ring substituents is 1. The van der Waals surface area contributed by atoms with Crippen molar-refractivity contribution in [2.24, 2.45) is 5.92 Å². The highest BCUT2D eigenvalue weighted by Gasteiger charge is 2.54. The quantitative estimate of drug-likeness (QED) is 0.195. The number of hydrogen-bond acceptors (Lipinski definition) is 4. The molecule has 0 N–H and O–H groups in total. The van der Waals surface area contributed by atoms with E-state index in [2.05, 4.69) is 24.3 Å². The van der Waals surface area contributed by atoms with Gasteiger partial charge in [0.25, 0.3) is 5.69 Å². The maximum atomic E-state index is 12.2. The zero-order valence-corrected chi connectivity index (χ0v) is 15.6. The smallest absolute Gasteiger partial charge is 0.335 e. The molecular formula is C24H19NO4. The van der Waals surface area contributed by atoms with Gasteiger partial charge < -0.3 is 4.74 Å². The fraction of sp³-hybridized carbons (Fsp3) is 0.125. The monoisotopic (exact) mass is 385 g/mol. The standard InChI is InChI=1S/C24H19NO4/c26-23(29-22-14-12-21(13-15-22)25(27)28)16-11-20-17-24(20,18-7-3-1-4-8-18)19-9-5-2-6-10-19/h1-16,20H,17H2/b16-11-/t20-/m1/s1. The number of carbonyl (C=O) groups excluding carboxylic acids is 1. The van der Waals surface area contributed by atoms with Crippen molar-refractivity contribution in [3.05, 3.63) is 118 Å². The first-order valence-corrected chi connectivity index (χ1v) is 9.35. The molecule has 5 heteroatoms. The van der Waals surface area contributed by atoms with E-state index in [0.717, 1.165) is 6.42 Å². The average molecular weight is 385 g/mol. The van der Waals surface area contributed by atoms with Gasteiger partial charge >= 0.3 is 5.97 Å². The Labute approximate surface area is 168 Å². The van der Waals surface area contributed by atoms with Crippen LogP contribution in [0.2, 0.25) is 0 Å². The Balaban J connectivity index is 1.49. The van der Waals surface area contributed by atoms with Crippen LogP contribution in [0.5, 0.6) is 5.75 Å². The van der Waals surface area contributed by atoms with E-state index in [1.807, 2.05) is 42.5 Å². The lowest BCUT2D eigenvalue weighted by Crippen LogP contribution is -2.12. The van der Waals surface area contributed by atoms with Crippen LogP contribution >= 0.6 is 0 Å². The molecule has 0 spiro atoms. The molecule has 5 nitrogen and oxygen atoms in total. The van der Waals surface area contributed by atoms with Gasteiger partial charge in [-0.1, -0.05) is 66.7 Å². The van der Waals surface area contributed by atoms with Crippen molar-refractivity contribution in [3.63, 3.8) is 0 Å². The maximum absolute atomic E-state index is 12.2. The van der Waals surface area contributed by atoms with E-state index in [9.17, 15) is 14.9 Å². The zero-order valence-electron chi connectivity index (χ0n) is 15.6. The topological polar surface area (TPSA) is 69.4 Å². The number of benzene rings is 3. The number of rotatable bonds is 6. The van der Waals surface area contributed by atoms with Crippen LogP contribution in [-0.2, 0) is 10.2 Å². The van der Waals surface area contributed by atoms with E-state index in [1.165, 1.54) is 41.5 Å². The third-order valence-corrected chi connectivity index (χ3v) is 5.32. The molecule has 0 aromatic heterocycles. The summed E-state index contributed by atoms with van der Waals surface area (Å²) >= 11 is 0. The summed E-state index contributed by atoms with van der Waals surface area (Å²) in [5.74, 6) is -0.0316. The summed E-state index contributed by atoms with van der Waals surface area (Å²) in [6.07, 6.45) is 4.26. The summed E-state index contributed by atoms with van der Waals surface area (Å²) in [6.45, 7) is 0. The third-order valence-electron chi connectivity index (χ3n) is 5.32. The van der Waals surface area contributed by atoms with Crippen molar-refractivity contribution in [3.8, 4) is 5.75 Å². The van der Waals surface area contributed by atoms with Gasteiger partial charge in [-0.25, -0.2) is 4.79 Å². The number of esters is 1. The normalized spacial score (nSPS) is 17.0. The van der Waals surface area contributed by atoms with E-state index in [-0.39, 0.29) is 22.8 Å². The van der Waals surface area contributed by atoms with E-state index in [1.54, 1.807) is 0 Å². The van der Waals surface area contributed by atoms with Crippen LogP contribution in [0, 0.1) is 16.0 Å². The molecule has 0 aliphatic heterocycles. The number of ether oxygens (including phenoxy) is 1. The van der Waals surface area contributed by atoms with Gasteiger partial charge in [0.05, 0.1) is 4.92 Å². The lowest BCUT2D eigenvalue weighted by atomic mass is 9.85. The van der Waals surface area contributed by atoms with Gasteiger partial charge in [0.1, 0.15) is 5.75 Å². The molecule has 1 aliphatic rings. The highest BCUT2D eigenvalue weighted by molar-refractivity contribution is 5.84. The molecule has 4 rings (SSSR count). The maximum Gasteiger partial charge on any atom is 0.335 e. The first-order valence-electron chi connectivity index (χ1n) is 9.35. The summed E-state index contributed by atoms with van der Waals surface area (Å²) in [5.41, 5.74) is 2.27. The molecule has 0 bridgehead atoms. The van der Waals surface area contributed by atoms with Gasteiger partial charge in [-0.3, -0.25) is 10.1 Å². The lowest BCUT2D eigenvalue weighted by molar-refractivity contribution is -0.384. The minimum absolute atomic E-state index is 0.0474. The number of allylic oxidation sites excluding steroid dienone is 1. The Morgan fingerprint density at radius 1 is 0.931 bits per heavy atom. The Bertz CT molecular complexity index is 1000.